The number of carboxylic acids is 1. The average molecular weight is 484 g/mol. The summed E-state index contributed by atoms with van der Waals surface area (Å²) in [6.45, 7) is 1.21. The summed E-state index contributed by atoms with van der Waals surface area (Å²) in [7, 11) is 0. The lowest BCUT2D eigenvalue weighted by atomic mass is 10.1. The van der Waals surface area contributed by atoms with Crippen LogP contribution >= 0.6 is 39.1 Å². The Balaban J connectivity index is 1.96. The lowest BCUT2D eigenvalue weighted by Gasteiger charge is -2.13. The zero-order chi connectivity index (χ0) is 20.4. The third-order valence-electron chi connectivity index (χ3n) is 3.83. The van der Waals surface area contributed by atoms with Crippen LogP contribution in [0.15, 0.2) is 51.5 Å². The molecule has 1 N–H and O–H groups in total. The van der Waals surface area contributed by atoms with Crippen LogP contribution in [0, 0.1) is 0 Å². The molecule has 0 aromatic heterocycles. The molecule has 1 heterocycles. The number of hydrogen-bond acceptors (Lipinski definition) is 4. The number of ether oxygens (including phenoxy) is 1. The Bertz CT molecular complexity index is 1040. The molecule has 28 heavy (non-hydrogen) atoms. The molecular weight excluding hydrogens is 471 g/mol. The third kappa shape index (κ3) is 4.38. The van der Waals surface area contributed by atoms with Gasteiger partial charge in [-0.3, -0.25) is 4.79 Å². The molecule has 1 aliphatic heterocycles. The number of aliphatic carboxylic acids is 1. The number of amides is 1. The van der Waals surface area contributed by atoms with Crippen LogP contribution in [0.4, 0.5) is 5.69 Å². The Hall–Kier alpha value is -2.35. The van der Waals surface area contributed by atoms with Crippen molar-refractivity contribution in [2.75, 3.05) is 11.6 Å². The van der Waals surface area contributed by atoms with Crippen LogP contribution < -0.4 is 9.75 Å². The molecule has 3 rings (SSSR count). The standard InChI is InChI=1S/C19H13BrCl2N2O4/c1-10-14(7-11-6-12(20)2-5-17(11)28-9-18(25)26)19(27)24(23-10)13-3-4-15(21)16(22)8-13/h2-8H,9H2,1H3,(H,25,26)/b14-7+. The molecule has 0 saturated carbocycles. The first-order valence-electron chi connectivity index (χ1n) is 7.97. The molecule has 0 fully saturated rings. The van der Waals surface area contributed by atoms with Gasteiger partial charge in [-0.1, -0.05) is 39.1 Å². The predicted molar refractivity (Wildman–Crippen MR) is 112 cm³/mol. The number of carbonyl (C=O) groups excluding carboxylic acids is 1. The normalized spacial score (nSPS) is 15.1. The van der Waals surface area contributed by atoms with Gasteiger partial charge in [-0.15, -0.1) is 0 Å². The SMILES string of the molecule is CC1=NN(c2ccc(Cl)c(Cl)c2)C(=O)/C1=C/c1cc(Br)ccc1OCC(=O)O. The maximum atomic E-state index is 12.9. The fourth-order valence-corrected chi connectivity index (χ4v) is 3.21. The molecule has 9 heteroatoms. The first-order chi connectivity index (χ1) is 13.3. The number of hydrogen-bond donors (Lipinski definition) is 1. The van der Waals surface area contributed by atoms with Gasteiger partial charge in [0.1, 0.15) is 5.75 Å². The second-order valence-electron chi connectivity index (χ2n) is 5.82. The summed E-state index contributed by atoms with van der Waals surface area (Å²) in [4.78, 5) is 23.7. The van der Waals surface area contributed by atoms with Gasteiger partial charge in [-0.2, -0.15) is 10.1 Å². The zero-order valence-electron chi connectivity index (χ0n) is 14.4. The summed E-state index contributed by atoms with van der Waals surface area (Å²) in [6.07, 6.45) is 1.61. The third-order valence-corrected chi connectivity index (χ3v) is 5.07. The van der Waals surface area contributed by atoms with E-state index in [9.17, 15) is 9.59 Å². The van der Waals surface area contributed by atoms with Crippen molar-refractivity contribution in [2.45, 2.75) is 6.92 Å². The van der Waals surface area contributed by atoms with Crippen molar-refractivity contribution < 1.29 is 19.4 Å². The van der Waals surface area contributed by atoms with Crippen molar-refractivity contribution in [3.63, 3.8) is 0 Å². The van der Waals surface area contributed by atoms with Gasteiger partial charge >= 0.3 is 5.97 Å². The number of carboxylic acid groups (broad SMARTS) is 1. The predicted octanol–water partition coefficient (Wildman–Crippen LogP) is 5.03. The number of nitrogens with zero attached hydrogens (tertiary/aromatic N) is 2. The molecule has 1 amide bonds. The topological polar surface area (TPSA) is 79.2 Å². The van der Waals surface area contributed by atoms with Crippen LogP contribution in [0.25, 0.3) is 6.08 Å². The summed E-state index contributed by atoms with van der Waals surface area (Å²) in [6, 6.07) is 9.87. The van der Waals surface area contributed by atoms with Crippen molar-refractivity contribution in [2.24, 2.45) is 5.10 Å². The van der Waals surface area contributed by atoms with Crippen LogP contribution in [0.1, 0.15) is 12.5 Å². The maximum Gasteiger partial charge on any atom is 0.341 e. The van der Waals surface area contributed by atoms with Gasteiger partial charge in [0.05, 0.1) is 27.0 Å². The highest BCUT2D eigenvalue weighted by atomic mass is 79.9. The Morgan fingerprint density at radius 3 is 2.68 bits per heavy atom. The van der Waals surface area contributed by atoms with E-state index in [0.29, 0.717) is 38.3 Å². The number of halogens is 3. The summed E-state index contributed by atoms with van der Waals surface area (Å²) in [5.74, 6) is -1.10. The molecule has 0 saturated heterocycles. The van der Waals surface area contributed by atoms with E-state index in [0.717, 1.165) is 4.47 Å². The number of benzene rings is 2. The van der Waals surface area contributed by atoms with Crippen molar-refractivity contribution in [3.05, 3.63) is 62.1 Å². The summed E-state index contributed by atoms with van der Waals surface area (Å²) >= 11 is 15.3. The summed E-state index contributed by atoms with van der Waals surface area (Å²) in [5.41, 5.74) is 1.88. The van der Waals surface area contributed by atoms with E-state index in [2.05, 4.69) is 21.0 Å². The van der Waals surface area contributed by atoms with Gasteiger partial charge in [0.25, 0.3) is 5.91 Å². The minimum atomic E-state index is -1.10. The van der Waals surface area contributed by atoms with E-state index in [1.54, 1.807) is 49.4 Å². The molecule has 0 spiro atoms. The number of anilines is 1. The van der Waals surface area contributed by atoms with E-state index >= 15 is 0 Å². The van der Waals surface area contributed by atoms with E-state index in [4.69, 9.17) is 33.0 Å². The minimum absolute atomic E-state index is 0.314. The highest BCUT2D eigenvalue weighted by molar-refractivity contribution is 9.10. The van der Waals surface area contributed by atoms with E-state index < -0.39 is 12.6 Å². The largest absolute Gasteiger partial charge is 0.481 e. The Morgan fingerprint density at radius 2 is 2.00 bits per heavy atom. The van der Waals surface area contributed by atoms with Gasteiger partial charge in [0.2, 0.25) is 0 Å². The molecule has 0 atom stereocenters. The van der Waals surface area contributed by atoms with Crippen molar-refractivity contribution in [1.82, 2.24) is 0 Å². The van der Waals surface area contributed by atoms with Crippen molar-refractivity contribution in [3.8, 4) is 5.75 Å². The van der Waals surface area contributed by atoms with E-state index in [1.165, 1.54) is 5.01 Å². The van der Waals surface area contributed by atoms with Gasteiger partial charge in [0, 0.05) is 10.0 Å². The van der Waals surface area contributed by atoms with Crippen molar-refractivity contribution in [1.29, 1.82) is 0 Å². The lowest BCUT2D eigenvalue weighted by Crippen LogP contribution is -2.21. The highest BCUT2D eigenvalue weighted by Crippen LogP contribution is 2.32. The molecule has 2 aromatic rings. The molecule has 0 aliphatic carbocycles. The van der Waals surface area contributed by atoms with Gasteiger partial charge < -0.3 is 9.84 Å². The molecule has 6 nitrogen and oxygen atoms in total. The maximum absolute atomic E-state index is 12.9. The molecule has 0 bridgehead atoms. The molecule has 0 radical (unpaired) electrons. The fraction of sp³-hybridized carbons (Fsp3) is 0.105. The lowest BCUT2D eigenvalue weighted by molar-refractivity contribution is -0.139. The second kappa shape index (κ2) is 8.34. The number of hydrazone groups is 1. The molecular formula is C19H13BrCl2N2O4. The van der Waals surface area contributed by atoms with Crippen LogP contribution in [0.2, 0.25) is 10.0 Å². The molecule has 0 unspecified atom stereocenters. The number of rotatable bonds is 5. The highest BCUT2D eigenvalue weighted by Gasteiger charge is 2.29. The Labute approximate surface area is 179 Å². The van der Waals surface area contributed by atoms with E-state index in [-0.39, 0.29) is 5.91 Å². The Morgan fingerprint density at radius 1 is 1.25 bits per heavy atom. The van der Waals surface area contributed by atoms with Gasteiger partial charge in [-0.25, -0.2) is 4.79 Å². The number of carbonyl (C=O) groups is 2. The van der Waals surface area contributed by atoms with Gasteiger partial charge in [-0.05, 0) is 49.4 Å². The quantitative estimate of drug-likeness (QED) is 0.605. The van der Waals surface area contributed by atoms with Crippen molar-refractivity contribution >= 4 is 68.5 Å². The molecule has 1 aliphatic rings. The molecule has 2 aromatic carbocycles. The first kappa shape index (κ1) is 20.4. The monoisotopic (exact) mass is 482 g/mol. The van der Waals surface area contributed by atoms with Gasteiger partial charge in [0.15, 0.2) is 6.61 Å². The van der Waals surface area contributed by atoms with Crippen LogP contribution in [0.5, 0.6) is 5.75 Å². The summed E-state index contributed by atoms with van der Waals surface area (Å²) in [5, 5.41) is 15.1. The second-order valence-corrected chi connectivity index (χ2v) is 7.55. The van der Waals surface area contributed by atoms with E-state index in [1.807, 2.05) is 0 Å². The summed E-state index contributed by atoms with van der Waals surface area (Å²) < 4.78 is 6.07. The van der Waals surface area contributed by atoms with Crippen LogP contribution in [-0.2, 0) is 9.59 Å². The Kier molecular flexibility index (Phi) is 6.07. The zero-order valence-corrected chi connectivity index (χ0v) is 17.5. The van der Waals surface area contributed by atoms with Crippen LogP contribution in [-0.4, -0.2) is 29.3 Å². The first-order valence-corrected chi connectivity index (χ1v) is 9.52. The minimum Gasteiger partial charge on any atom is -0.481 e. The van der Waals surface area contributed by atoms with Crippen LogP contribution in [0.3, 0.4) is 0 Å². The fourth-order valence-electron chi connectivity index (χ4n) is 2.53. The average Bonchev–Trinajstić information content (AvgIpc) is 2.91. The molecule has 144 valence electrons. The smallest absolute Gasteiger partial charge is 0.341 e.